The molecule has 1 aliphatic rings. The van der Waals surface area contributed by atoms with E-state index in [0.29, 0.717) is 18.3 Å². The molecule has 0 amide bonds. The van der Waals surface area contributed by atoms with Crippen LogP contribution in [0.15, 0.2) is 29.1 Å². The second kappa shape index (κ2) is 5.45. The first-order valence-electron chi connectivity index (χ1n) is 7.45. The lowest BCUT2D eigenvalue weighted by Gasteiger charge is -2.14. The van der Waals surface area contributed by atoms with E-state index in [9.17, 15) is 4.79 Å². The number of aryl methyl sites for hydroxylation is 3. The highest BCUT2D eigenvalue weighted by molar-refractivity contribution is 5.43. The highest BCUT2D eigenvalue weighted by Gasteiger charge is 2.21. The molecule has 21 heavy (non-hydrogen) atoms. The second-order valence-corrected chi connectivity index (χ2v) is 5.95. The number of benzene rings is 1. The Hall–Kier alpha value is -1.94. The molecule has 0 saturated heterocycles. The van der Waals surface area contributed by atoms with Gasteiger partial charge < -0.3 is 5.32 Å². The number of nitrogens with one attached hydrogen (secondary N) is 1. The Morgan fingerprint density at radius 1 is 1.24 bits per heavy atom. The molecule has 4 heteroatoms. The summed E-state index contributed by atoms with van der Waals surface area (Å²) in [4.78, 5) is 12.1. The second-order valence-electron chi connectivity index (χ2n) is 5.95. The lowest BCUT2D eigenvalue weighted by atomic mass is 10.1. The van der Waals surface area contributed by atoms with Gasteiger partial charge in [-0.1, -0.05) is 12.1 Å². The maximum absolute atomic E-state index is 12.1. The van der Waals surface area contributed by atoms with Crippen LogP contribution < -0.4 is 10.7 Å². The molecular formula is C17H21N3O. The average Bonchev–Trinajstić information content (AvgIpc) is 3.25. The molecule has 3 rings (SSSR count). The molecule has 4 nitrogen and oxygen atoms in total. The molecule has 110 valence electrons. The third-order valence-corrected chi connectivity index (χ3v) is 3.91. The van der Waals surface area contributed by atoms with E-state index in [4.69, 9.17) is 0 Å². The third kappa shape index (κ3) is 3.05. The molecule has 0 atom stereocenters. The van der Waals surface area contributed by atoms with Gasteiger partial charge in [0.15, 0.2) is 0 Å². The summed E-state index contributed by atoms with van der Waals surface area (Å²) >= 11 is 0. The van der Waals surface area contributed by atoms with Crippen LogP contribution >= 0.6 is 0 Å². The molecule has 0 radical (unpaired) electrons. The van der Waals surface area contributed by atoms with Crippen LogP contribution in [0, 0.1) is 20.8 Å². The van der Waals surface area contributed by atoms with Gasteiger partial charge in [-0.25, -0.2) is 4.68 Å². The molecule has 2 aromatic rings. The summed E-state index contributed by atoms with van der Waals surface area (Å²) in [6, 6.07) is 8.54. The lowest BCUT2D eigenvalue weighted by Crippen LogP contribution is -2.25. The van der Waals surface area contributed by atoms with Gasteiger partial charge in [-0.2, -0.15) is 5.10 Å². The van der Waals surface area contributed by atoms with Gasteiger partial charge in [0.1, 0.15) is 5.69 Å². The van der Waals surface area contributed by atoms with Crippen LogP contribution in [-0.4, -0.2) is 15.8 Å². The Bertz CT molecular complexity index is 729. The van der Waals surface area contributed by atoms with Crippen molar-refractivity contribution in [2.24, 2.45) is 0 Å². The maximum atomic E-state index is 12.1. The van der Waals surface area contributed by atoms with Crippen molar-refractivity contribution >= 4 is 0 Å². The van der Waals surface area contributed by atoms with Gasteiger partial charge in [-0.15, -0.1) is 0 Å². The molecule has 1 saturated carbocycles. The predicted molar refractivity (Wildman–Crippen MR) is 83.9 cm³/mol. The number of rotatable bonds is 4. The first kappa shape index (κ1) is 14.0. The van der Waals surface area contributed by atoms with E-state index >= 15 is 0 Å². The summed E-state index contributed by atoms with van der Waals surface area (Å²) in [6.07, 6.45) is 2.41. The minimum absolute atomic E-state index is 0.0159. The van der Waals surface area contributed by atoms with Gasteiger partial charge in [0.05, 0.1) is 5.69 Å². The van der Waals surface area contributed by atoms with Crippen LogP contribution in [0.4, 0.5) is 0 Å². The van der Waals surface area contributed by atoms with E-state index in [1.807, 2.05) is 11.6 Å². The Balaban J connectivity index is 2.02. The highest BCUT2D eigenvalue weighted by Crippen LogP contribution is 2.19. The number of hydrogen-bond donors (Lipinski definition) is 1. The minimum Gasteiger partial charge on any atom is -0.308 e. The molecule has 1 fully saturated rings. The van der Waals surface area contributed by atoms with Crippen molar-refractivity contribution in [3.05, 3.63) is 57.0 Å². The summed E-state index contributed by atoms with van der Waals surface area (Å²) < 4.78 is 1.88. The Morgan fingerprint density at radius 2 is 2.00 bits per heavy atom. The fraction of sp³-hybridized carbons (Fsp3) is 0.412. The molecule has 1 aliphatic carbocycles. The van der Waals surface area contributed by atoms with Crippen molar-refractivity contribution in [2.45, 2.75) is 46.2 Å². The van der Waals surface area contributed by atoms with E-state index in [1.54, 1.807) is 6.07 Å². The van der Waals surface area contributed by atoms with Crippen molar-refractivity contribution in [1.29, 1.82) is 0 Å². The summed E-state index contributed by atoms with van der Waals surface area (Å²) in [6.45, 7) is 6.61. The van der Waals surface area contributed by atoms with Crippen LogP contribution in [0.25, 0.3) is 5.69 Å². The Kier molecular flexibility index (Phi) is 3.64. The van der Waals surface area contributed by atoms with E-state index < -0.39 is 0 Å². The van der Waals surface area contributed by atoms with Gasteiger partial charge in [0, 0.05) is 24.3 Å². The number of aromatic nitrogens is 2. The van der Waals surface area contributed by atoms with Crippen LogP contribution in [0.2, 0.25) is 0 Å². The largest absolute Gasteiger partial charge is 0.308 e. The quantitative estimate of drug-likeness (QED) is 0.937. The topological polar surface area (TPSA) is 46.9 Å². The Labute approximate surface area is 124 Å². The van der Waals surface area contributed by atoms with E-state index in [0.717, 1.165) is 16.9 Å². The van der Waals surface area contributed by atoms with Crippen LogP contribution in [0.1, 0.15) is 35.4 Å². The van der Waals surface area contributed by atoms with Gasteiger partial charge in [0.25, 0.3) is 0 Å². The summed E-state index contributed by atoms with van der Waals surface area (Å²) in [5, 5.41) is 7.95. The van der Waals surface area contributed by atoms with E-state index in [2.05, 4.69) is 42.5 Å². The lowest BCUT2D eigenvalue weighted by molar-refractivity contribution is 0.641. The normalized spacial score (nSPS) is 14.4. The molecule has 0 spiro atoms. The van der Waals surface area contributed by atoms with Gasteiger partial charge >= 0.3 is 0 Å². The smallest absolute Gasteiger partial charge is 0.204 e. The fourth-order valence-corrected chi connectivity index (χ4v) is 2.43. The zero-order valence-corrected chi connectivity index (χ0v) is 12.8. The maximum Gasteiger partial charge on any atom is 0.204 e. The first-order chi connectivity index (χ1) is 10.0. The van der Waals surface area contributed by atoms with Crippen LogP contribution in [-0.2, 0) is 6.54 Å². The van der Waals surface area contributed by atoms with Gasteiger partial charge in [0.2, 0.25) is 5.43 Å². The Morgan fingerprint density at radius 3 is 2.71 bits per heavy atom. The molecular weight excluding hydrogens is 262 g/mol. The fourth-order valence-electron chi connectivity index (χ4n) is 2.43. The standard InChI is InChI=1S/C17H21N3O/c1-11-4-5-12(2)16(8-11)20-13(3)9-17(21)15(19-20)10-18-14-6-7-14/h4-5,8-9,14,18H,6-7,10H2,1-3H3. The van der Waals surface area contributed by atoms with Crippen LogP contribution in [0.3, 0.4) is 0 Å². The molecule has 1 N–H and O–H groups in total. The van der Waals surface area contributed by atoms with Gasteiger partial charge in [-0.05, 0) is 50.8 Å². The minimum atomic E-state index is 0.0159. The van der Waals surface area contributed by atoms with Crippen molar-refractivity contribution in [2.75, 3.05) is 0 Å². The van der Waals surface area contributed by atoms with Crippen molar-refractivity contribution in [1.82, 2.24) is 15.1 Å². The molecule has 0 bridgehead atoms. The molecule has 0 aliphatic heterocycles. The summed E-state index contributed by atoms with van der Waals surface area (Å²) in [5.74, 6) is 0. The molecule has 1 aromatic heterocycles. The monoisotopic (exact) mass is 283 g/mol. The average molecular weight is 283 g/mol. The predicted octanol–water partition coefficient (Wildman–Crippen LogP) is 2.41. The molecule has 1 aromatic carbocycles. The highest BCUT2D eigenvalue weighted by atomic mass is 16.1. The molecule has 0 unspecified atom stereocenters. The number of hydrogen-bond acceptors (Lipinski definition) is 3. The zero-order valence-electron chi connectivity index (χ0n) is 12.8. The van der Waals surface area contributed by atoms with Crippen molar-refractivity contribution in [3.63, 3.8) is 0 Å². The van der Waals surface area contributed by atoms with Crippen molar-refractivity contribution < 1.29 is 0 Å². The van der Waals surface area contributed by atoms with Crippen LogP contribution in [0.5, 0.6) is 0 Å². The third-order valence-electron chi connectivity index (χ3n) is 3.91. The first-order valence-corrected chi connectivity index (χ1v) is 7.45. The van der Waals surface area contributed by atoms with Gasteiger partial charge in [-0.3, -0.25) is 4.79 Å². The molecule has 1 heterocycles. The van der Waals surface area contributed by atoms with E-state index in [1.165, 1.54) is 18.4 Å². The summed E-state index contributed by atoms with van der Waals surface area (Å²) in [5.41, 5.74) is 4.86. The van der Waals surface area contributed by atoms with Crippen molar-refractivity contribution in [3.8, 4) is 5.69 Å². The zero-order chi connectivity index (χ0) is 15.0. The number of nitrogens with zero attached hydrogens (tertiary/aromatic N) is 2. The summed E-state index contributed by atoms with van der Waals surface area (Å²) in [7, 11) is 0. The SMILES string of the molecule is Cc1ccc(C)c(-n2nc(CNC3CC3)c(=O)cc2C)c1. The van der Waals surface area contributed by atoms with E-state index in [-0.39, 0.29) is 5.43 Å².